The number of carbonyl (C=O) groups excluding carboxylic acids is 1. The number of aromatic nitrogens is 3. The zero-order valence-corrected chi connectivity index (χ0v) is 13.9. The Kier molecular flexibility index (Phi) is 5.97. The first kappa shape index (κ1) is 17.3. The van der Waals surface area contributed by atoms with Crippen molar-refractivity contribution in [2.75, 3.05) is 11.6 Å². The molecule has 0 radical (unpaired) electrons. The Morgan fingerprint density at radius 2 is 2.17 bits per heavy atom. The van der Waals surface area contributed by atoms with Crippen LogP contribution in [0.5, 0.6) is 0 Å². The highest BCUT2D eigenvalue weighted by molar-refractivity contribution is 7.99. The molecule has 0 fully saturated rings. The Morgan fingerprint density at radius 1 is 1.43 bits per heavy atom. The van der Waals surface area contributed by atoms with Gasteiger partial charge < -0.3 is 11.2 Å². The average Bonchev–Trinajstić information content (AvgIpc) is 2.87. The second-order valence-electron chi connectivity index (χ2n) is 5.20. The highest BCUT2D eigenvalue weighted by Gasteiger charge is 2.16. The highest BCUT2D eigenvalue weighted by Crippen LogP contribution is 2.23. The number of hydrogen-bond donors (Lipinski definition) is 2. The summed E-state index contributed by atoms with van der Waals surface area (Å²) in [6.45, 7) is 4.03. The molecule has 1 aromatic heterocycles. The molecule has 8 heteroatoms. The maximum absolute atomic E-state index is 13.8. The van der Waals surface area contributed by atoms with Crippen molar-refractivity contribution in [1.82, 2.24) is 20.2 Å². The molecule has 124 valence electrons. The summed E-state index contributed by atoms with van der Waals surface area (Å²) in [5.41, 5.74) is 0.273. The van der Waals surface area contributed by atoms with E-state index in [1.165, 1.54) is 22.5 Å². The fourth-order valence-corrected chi connectivity index (χ4v) is 2.82. The van der Waals surface area contributed by atoms with Gasteiger partial charge in [-0.3, -0.25) is 4.79 Å². The molecule has 0 saturated heterocycles. The molecule has 1 amide bonds. The molecular formula is C15H20FN5OS. The molecule has 1 heterocycles. The molecule has 0 saturated carbocycles. The number of rotatable bonds is 7. The molecule has 23 heavy (non-hydrogen) atoms. The minimum absolute atomic E-state index is 0.0913. The van der Waals surface area contributed by atoms with Crippen LogP contribution < -0.4 is 11.2 Å². The molecule has 0 aliphatic heterocycles. The normalized spacial score (nSPS) is 12.1. The minimum atomic E-state index is -0.422. The third-order valence-electron chi connectivity index (χ3n) is 3.24. The van der Waals surface area contributed by atoms with Crippen molar-refractivity contribution in [3.63, 3.8) is 0 Å². The van der Waals surface area contributed by atoms with Crippen LogP contribution in [0.3, 0.4) is 0 Å². The van der Waals surface area contributed by atoms with Crippen LogP contribution in [0.25, 0.3) is 11.4 Å². The van der Waals surface area contributed by atoms with Gasteiger partial charge in [-0.2, -0.15) is 0 Å². The number of nitrogen functional groups attached to an aromatic ring is 1. The Hall–Kier alpha value is -2.09. The molecule has 1 aromatic carbocycles. The van der Waals surface area contributed by atoms with Gasteiger partial charge in [0.2, 0.25) is 11.1 Å². The van der Waals surface area contributed by atoms with Crippen molar-refractivity contribution in [3.05, 3.63) is 30.1 Å². The monoisotopic (exact) mass is 337 g/mol. The predicted molar refractivity (Wildman–Crippen MR) is 88.8 cm³/mol. The quantitative estimate of drug-likeness (QED) is 0.597. The van der Waals surface area contributed by atoms with E-state index < -0.39 is 5.82 Å². The van der Waals surface area contributed by atoms with Crippen molar-refractivity contribution in [2.45, 2.75) is 37.9 Å². The van der Waals surface area contributed by atoms with Crippen molar-refractivity contribution in [1.29, 1.82) is 0 Å². The van der Waals surface area contributed by atoms with E-state index in [-0.39, 0.29) is 29.1 Å². The van der Waals surface area contributed by atoms with Gasteiger partial charge in [-0.1, -0.05) is 37.2 Å². The lowest BCUT2D eigenvalue weighted by Crippen LogP contribution is -2.33. The lowest BCUT2D eigenvalue weighted by molar-refractivity contribution is -0.119. The van der Waals surface area contributed by atoms with Crippen LogP contribution in [0.2, 0.25) is 0 Å². The predicted octanol–water partition coefficient (Wildman–Crippen LogP) is 2.19. The summed E-state index contributed by atoms with van der Waals surface area (Å²) in [7, 11) is 0. The van der Waals surface area contributed by atoms with Crippen LogP contribution in [0.1, 0.15) is 26.7 Å². The molecule has 2 rings (SSSR count). The van der Waals surface area contributed by atoms with Gasteiger partial charge in [0.05, 0.1) is 11.3 Å². The smallest absolute Gasteiger partial charge is 0.230 e. The third-order valence-corrected chi connectivity index (χ3v) is 4.18. The van der Waals surface area contributed by atoms with Gasteiger partial charge in [0.25, 0.3) is 0 Å². The van der Waals surface area contributed by atoms with Crippen molar-refractivity contribution in [3.8, 4) is 11.4 Å². The topological polar surface area (TPSA) is 85.8 Å². The number of nitrogens with one attached hydrogen (secondary N) is 1. The molecule has 0 bridgehead atoms. The van der Waals surface area contributed by atoms with Gasteiger partial charge in [0, 0.05) is 6.04 Å². The Bertz CT molecular complexity index is 676. The molecule has 0 aliphatic carbocycles. The van der Waals surface area contributed by atoms with Gasteiger partial charge in [0.15, 0.2) is 5.82 Å². The van der Waals surface area contributed by atoms with Crippen LogP contribution in [0.15, 0.2) is 29.4 Å². The number of nitrogens with zero attached hydrogens (tertiary/aromatic N) is 3. The van der Waals surface area contributed by atoms with Crippen LogP contribution in [0, 0.1) is 5.82 Å². The van der Waals surface area contributed by atoms with Crippen LogP contribution in [-0.4, -0.2) is 32.6 Å². The number of hydrogen-bond acceptors (Lipinski definition) is 5. The first-order valence-electron chi connectivity index (χ1n) is 7.40. The van der Waals surface area contributed by atoms with E-state index >= 15 is 0 Å². The van der Waals surface area contributed by atoms with E-state index in [0.29, 0.717) is 5.16 Å². The Balaban J connectivity index is 2.00. The van der Waals surface area contributed by atoms with Crippen molar-refractivity contribution >= 4 is 17.7 Å². The van der Waals surface area contributed by atoms with Gasteiger partial charge in [-0.25, -0.2) is 9.07 Å². The molecule has 0 aliphatic rings. The summed E-state index contributed by atoms with van der Waals surface area (Å²) in [6, 6.07) is 6.34. The minimum Gasteiger partial charge on any atom is -0.353 e. The summed E-state index contributed by atoms with van der Waals surface area (Å²) in [5.74, 6) is 5.81. The largest absolute Gasteiger partial charge is 0.353 e. The summed E-state index contributed by atoms with van der Waals surface area (Å²) < 4.78 is 15.0. The van der Waals surface area contributed by atoms with Crippen molar-refractivity contribution < 1.29 is 9.18 Å². The molecule has 1 atom stereocenters. The van der Waals surface area contributed by atoms with E-state index in [1.54, 1.807) is 18.2 Å². The SMILES string of the molecule is CCC[C@@H](C)NC(=O)CSc1nnc(-c2ccccc2F)n1N. The van der Waals surface area contributed by atoms with E-state index in [0.717, 1.165) is 12.8 Å². The highest BCUT2D eigenvalue weighted by atomic mass is 32.2. The summed E-state index contributed by atoms with van der Waals surface area (Å²) in [6.07, 6.45) is 1.94. The Morgan fingerprint density at radius 3 is 2.87 bits per heavy atom. The van der Waals surface area contributed by atoms with Crippen LogP contribution >= 0.6 is 11.8 Å². The maximum atomic E-state index is 13.8. The first-order chi connectivity index (χ1) is 11.0. The molecule has 6 nitrogen and oxygen atoms in total. The van der Waals surface area contributed by atoms with E-state index in [9.17, 15) is 9.18 Å². The molecule has 0 spiro atoms. The van der Waals surface area contributed by atoms with Gasteiger partial charge in [0.1, 0.15) is 5.82 Å². The summed E-state index contributed by atoms with van der Waals surface area (Å²) >= 11 is 1.17. The number of nitrogens with two attached hydrogens (primary N) is 1. The lowest BCUT2D eigenvalue weighted by Gasteiger charge is -2.12. The standard InChI is InChI=1S/C15H20FN5OS/c1-3-6-10(2)18-13(22)9-23-15-20-19-14(21(15)17)11-7-4-5-8-12(11)16/h4-5,7-8,10H,3,6,9,17H2,1-2H3,(H,18,22)/t10-/m1/s1. The van der Waals surface area contributed by atoms with Crippen LogP contribution in [0.4, 0.5) is 4.39 Å². The van der Waals surface area contributed by atoms with E-state index in [1.807, 2.05) is 6.92 Å². The fourth-order valence-electron chi connectivity index (χ4n) is 2.15. The molecule has 2 aromatic rings. The summed E-state index contributed by atoms with van der Waals surface area (Å²) in [4.78, 5) is 11.9. The second kappa shape index (κ2) is 7.96. The number of carbonyl (C=O) groups is 1. The zero-order chi connectivity index (χ0) is 16.8. The number of thioether (sulfide) groups is 1. The second-order valence-corrected chi connectivity index (χ2v) is 6.14. The van der Waals surface area contributed by atoms with Gasteiger partial charge >= 0.3 is 0 Å². The molecule has 3 N–H and O–H groups in total. The maximum Gasteiger partial charge on any atom is 0.230 e. The summed E-state index contributed by atoms with van der Waals surface area (Å²) in [5, 5.41) is 11.1. The zero-order valence-electron chi connectivity index (χ0n) is 13.1. The van der Waals surface area contributed by atoms with Gasteiger partial charge in [-0.15, -0.1) is 10.2 Å². The number of halogens is 1. The first-order valence-corrected chi connectivity index (χ1v) is 8.39. The third kappa shape index (κ3) is 4.44. The number of benzene rings is 1. The molecule has 0 unspecified atom stereocenters. The van der Waals surface area contributed by atoms with Crippen molar-refractivity contribution in [2.24, 2.45) is 0 Å². The van der Waals surface area contributed by atoms with E-state index in [2.05, 4.69) is 22.4 Å². The van der Waals surface area contributed by atoms with Gasteiger partial charge in [-0.05, 0) is 25.5 Å². The average molecular weight is 337 g/mol. The Labute approximate surface area is 138 Å². The van der Waals surface area contributed by atoms with Crippen LogP contribution in [-0.2, 0) is 4.79 Å². The lowest BCUT2D eigenvalue weighted by atomic mass is 10.2. The van der Waals surface area contributed by atoms with E-state index in [4.69, 9.17) is 5.84 Å². The molecular weight excluding hydrogens is 317 g/mol. The fraction of sp³-hybridized carbons (Fsp3) is 0.400. The number of amides is 1.